The minimum atomic E-state index is -0.00512. The number of amides is 2. The molecule has 3 aliphatic rings. The molecule has 4 heterocycles. The molecule has 2 amide bonds. The van der Waals surface area contributed by atoms with Crippen molar-refractivity contribution in [3.05, 3.63) is 18.5 Å². The van der Waals surface area contributed by atoms with E-state index in [4.69, 9.17) is 9.47 Å². The number of carbonyl (C=O) groups is 1. The van der Waals surface area contributed by atoms with Gasteiger partial charge in [0.05, 0.1) is 12.6 Å². The van der Waals surface area contributed by atoms with E-state index in [0.717, 1.165) is 58.3 Å². The summed E-state index contributed by atoms with van der Waals surface area (Å²) in [6, 6.07) is 2.29. The van der Waals surface area contributed by atoms with Gasteiger partial charge in [0.1, 0.15) is 12.2 Å². The molecule has 0 spiro atoms. The Labute approximate surface area is 148 Å². The third-order valence-electron chi connectivity index (χ3n) is 5.52. The van der Waals surface area contributed by atoms with E-state index in [1.54, 1.807) is 6.20 Å². The summed E-state index contributed by atoms with van der Waals surface area (Å²) in [5.74, 6) is 0. The van der Waals surface area contributed by atoms with E-state index in [0.29, 0.717) is 13.2 Å². The van der Waals surface area contributed by atoms with Crippen molar-refractivity contribution in [1.82, 2.24) is 19.6 Å². The minimum Gasteiger partial charge on any atom is -0.374 e. The van der Waals surface area contributed by atoms with Crippen LogP contribution in [-0.4, -0.2) is 76.7 Å². The van der Waals surface area contributed by atoms with Crippen molar-refractivity contribution in [2.24, 2.45) is 0 Å². The highest BCUT2D eigenvalue weighted by molar-refractivity contribution is 5.75. The van der Waals surface area contributed by atoms with E-state index in [-0.39, 0.29) is 24.3 Å². The second-order valence-electron chi connectivity index (χ2n) is 7.21. The molecular weight excluding hydrogens is 320 g/mol. The van der Waals surface area contributed by atoms with Crippen LogP contribution in [0.1, 0.15) is 32.1 Å². The molecule has 0 aliphatic carbocycles. The number of nitrogens with zero attached hydrogens (tertiary/aromatic N) is 4. The largest absolute Gasteiger partial charge is 0.374 e. The lowest BCUT2D eigenvalue weighted by Crippen LogP contribution is -2.48. The van der Waals surface area contributed by atoms with Crippen LogP contribution in [0.4, 0.5) is 4.79 Å². The molecule has 3 fully saturated rings. The molecule has 0 radical (unpaired) electrons. The van der Waals surface area contributed by atoms with Gasteiger partial charge in [-0.15, -0.1) is 0 Å². The average molecular weight is 348 g/mol. The van der Waals surface area contributed by atoms with Crippen molar-refractivity contribution < 1.29 is 14.3 Å². The maximum atomic E-state index is 12.9. The first-order valence-electron chi connectivity index (χ1n) is 9.59. The molecular formula is C18H28N4O3. The average Bonchev–Trinajstić information content (AvgIpc) is 3.39. The van der Waals surface area contributed by atoms with Crippen LogP contribution < -0.4 is 0 Å². The summed E-state index contributed by atoms with van der Waals surface area (Å²) in [5, 5.41) is 4.21. The van der Waals surface area contributed by atoms with Gasteiger partial charge < -0.3 is 19.3 Å². The Morgan fingerprint density at radius 3 is 2.96 bits per heavy atom. The SMILES string of the molecule is O=C(N1CCCC1)N1C[C@@H](OCCCn2cccn2)[C@@H]2OCCC[C@@H]21. The number of aryl methyl sites for hydroxylation is 1. The lowest BCUT2D eigenvalue weighted by atomic mass is 10.0. The minimum absolute atomic E-state index is 0.00512. The molecule has 3 atom stereocenters. The predicted octanol–water partition coefficient (Wildman–Crippen LogP) is 1.74. The summed E-state index contributed by atoms with van der Waals surface area (Å²) in [5.41, 5.74) is 0. The molecule has 7 heteroatoms. The molecule has 25 heavy (non-hydrogen) atoms. The number of rotatable bonds is 5. The van der Waals surface area contributed by atoms with Gasteiger partial charge in [0.25, 0.3) is 0 Å². The number of likely N-dealkylation sites (tertiary alicyclic amines) is 2. The fraction of sp³-hybridized carbons (Fsp3) is 0.778. The van der Waals surface area contributed by atoms with Gasteiger partial charge in [-0.05, 0) is 38.2 Å². The second kappa shape index (κ2) is 7.74. The molecule has 3 aliphatic heterocycles. The number of aromatic nitrogens is 2. The van der Waals surface area contributed by atoms with E-state index >= 15 is 0 Å². The van der Waals surface area contributed by atoms with Crippen molar-refractivity contribution in [2.45, 2.75) is 56.9 Å². The zero-order chi connectivity index (χ0) is 17.1. The highest BCUT2D eigenvalue weighted by Crippen LogP contribution is 2.32. The van der Waals surface area contributed by atoms with Gasteiger partial charge in [0, 0.05) is 45.2 Å². The summed E-state index contributed by atoms with van der Waals surface area (Å²) in [6.07, 6.45) is 8.99. The van der Waals surface area contributed by atoms with Crippen LogP contribution in [0.5, 0.6) is 0 Å². The van der Waals surface area contributed by atoms with Crippen LogP contribution in [0.15, 0.2) is 18.5 Å². The fourth-order valence-electron chi connectivity index (χ4n) is 4.26. The smallest absolute Gasteiger partial charge is 0.320 e. The zero-order valence-corrected chi connectivity index (χ0v) is 14.8. The van der Waals surface area contributed by atoms with Gasteiger partial charge in [-0.1, -0.05) is 0 Å². The molecule has 0 unspecified atom stereocenters. The Balaban J connectivity index is 1.32. The Morgan fingerprint density at radius 2 is 2.16 bits per heavy atom. The second-order valence-corrected chi connectivity index (χ2v) is 7.21. The number of fused-ring (bicyclic) bond motifs is 1. The highest BCUT2D eigenvalue weighted by atomic mass is 16.5. The Bertz CT molecular complexity index is 559. The molecule has 0 bridgehead atoms. The topological polar surface area (TPSA) is 59.8 Å². The van der Waals surface area contributed by atoms with Crippen LogP contribution in [0.2, 0.25) is 0 Å². The molecule has 0 aromatic carbocycles. The Morgan fingerprint density at radius 1 is 1.28 bits per heavy atom. The Hall–Kier alpha value is -1.60. The molecule has 7 nitrogen and oxygen atoms in total. The quantitative estimate of drug-likeness (QED) is 0.761. The van der Waals surface area contributed by atoms with Crippen LogP contribution in [0, 0.1) is 0 Å². The van der Waals surface area contributed by atoms with Gasteiger partial charge in [-0.2, -0.15) is 5.10 Å². The van der Waals surface area contributed by atoms with Gasteiger partial charge >= 0.3 is 6.03 Å². The predicted molar refractivity (Wildman–Crippen MR) is 92.3 cm³/mol. The molecule has 3 saturated heterocycles. The zero-order valence-electron chi connectivity index (χ0n) is 14.8. The van der Waals surface area contributed by atoms with Crippen LogP contribution in [0.25, 0.3) is 0 Å². The summed E-state index contributed by atoms with van der Waals surface area (Å²) in [4.78, 5) is 16.9. The summed E-state index contributed by atoms with van der Waals surface area (Å²) in [6.45, 7) is 4.74. The van der Waals surface area contributed by atoms with Gasteiger partial charge in [0.15, 0.2) is 0 Å². The summed E-state index contributed by atoms with van der Waals surface area (Å²) in [7, 11) is 0. The first-order valence-corrected chi connectivity index (χ1v) is 9.59. The lowest BCUT2D eigenvalue weighted by Gasteiger charge is -2.34. The van der Waals surface area contributed by atoms with Crippen LogP contribution in [0.3, 0.4) is 0 Å². The van der Waals surface area contributed by atoms with Crippen LogP contribution >= 0.6 is 0 Å². The number of ether oxygens (including phenoxy) is 2. The standard InChI is InChI=1S/C18H28N4O3/c23-18(20-8-1-2-9-20)22-14-16(17-15(22)6-3-12-25-17)24-13-5-11-21-10-4-7-19-21/h4,7,10,15-17H,1-3,5-6,8-9,11-14H2/t15-,16+,17+/m0/s1. The van der Waals surface area contributed by atoms with E-state index in [9.17, 15) is 4.79 Å². The van der Waals surface area contributed by atoms with E-state index in [1.165, 1.54) is 0 Å². The molecule has 0 N–H and O–H groups in total. The molecule has 138 valence electrons. The lowest BCUT2D eigenvalue weighted by molar-refractivity contribution is -0.0769. The van der Waals surface area contributed by atoms with Gasteiger partial charge in [-0.25, -0.2) is 4.79 Å². The third-order valence-corrected chi connectivity index (χ3v) is 5.52. The van der Waals surface area contributed by atoms with E-state index < -0.39 is 0 Å². The van der Waals surface area contributed by atoms with Crippen molar-refractivity contribution in [3.63, 3.8) is 0 Å². The number of hydrogen-bond donors (Lipinski definition) is 0. The van der Waals surface area contributed by atoms with Crippen molar-refractivity contribution in [1.29, 1.82) is 0 Å². The summed E-state index contributed by atoms with van der Waals surface area (Å²) < 4.78 is 14.1. The maximum absolute atomic E-state index is 12.9. The molecule has 1 aromatic heterocycles. The first kappa shape index (κ1) is 16.8. The molecule has 1 aromatic rings. The van der Waals surface area contributed by atoms with Gasteiger partial charge in [0.2, 0.25) is 0 Å². The van der Waals surface area contributed by atoms with Crippen molar-refractivity contribution >= 4 is 6.03 Å². The molecule has 4 rings (SSSR count). The van der Waals surface area contributed by atoms with Crippen molar-refractivity contribution in [3.8, 4) is 0 Å². The van der Waals surface area contributed by atoms with Crippen LogP contribution in [-0.2, 0) is 16.0 Å². The number of urea groups is 1. The normalized spacial score (nSPS) is 29.2. The number of hydrogen-bond acceptors (Lipinski definition) is 4. The summed E-state index contributed by atoms with van der Waals surface area (Å²) >= 11 is 0. The first-order chi connectivity index (χ1) is 12.3. The van der Waals surface area contributed by atoms with Gasteiger partial charge in [-0.3, -0.25) is 4.68 Å². The Kier molecular flexibility index (Phi) is 5.22. The van der Waals surface area contributed by atoms with E-state index in [1.807, 2.05) is 26.7 Å². The highest BCUT2D eigenvalue weighted by Gasteiger charge is 2.47. The number of carbonyl (C=O) groups excluding carboxylic acids is 1. The fourth-order valence-corrected chi connectivity index (χ4v) is 4.26. The monoisotopic (exact) mass is 348 g/mol. The maximum Gasteiger partial charge on any atom is 0.320 e. The van der Waals surface area contributed by atoms with E-state index in [2.05, 4.69) is 5.10 Å². The van der Waals surface area contributed by atoms with Crippen molar-refractivity contribution in [2.75, 3.05) is 32.8 Å². The third kappa shape index (κ3) is 3.67. The molecule has 0 saturated carbocycles.